The fourth-order valence-corrected chi connectivity index (χ4v) is 5.63. The van der Waals surface area contributed by atoms with Crippen molar-refractivity contribution in [2.45, 2.75) is 64.5 Å². The molecule has 4 atom stereocenters. The Kier molecular flexibility index (Phi) is 5.79. The Morgan fingerprint density at radius 3 is 2.76 bits per heavy atom. The van der Waals surface area contributed by atoms with Crippen molar-refractivity contribution in [1.29, 1.82) is 0 Å². The lowest BCUT2D eigenvalue weighted by Crippen LogP contribution is -2.65. The number of ether oxygens (including phenoxy) is 1. The number of hydrogen-bond donors (Lipinski definition) is 0. The van der Waals surface area contributed by atoms with Crippen molar-refractivity contribution < 1.29 is 14.3 Å². The molecule has 158 valence electrons. The maximum absolute atomic E-state index is 13.2. The second-order valence-electron chi connectivity index (χ2n) is 9.35. The van der Waals surface area contributed by atoms with E-state index in [9.17, 15) is 9.59 Å². The van der Waals surface area contributed by atoms with Crippen LogP contribution in [0.3, 0.4) is 0 Å². The van der Waals surface area contributed by atoms with Crippen LogP contribution in [0, 0.1) is 17.8 Å². The van der Waals surface area contributed by atoms with E-state index in [0.717, 1.165) is 45.2 Å². The van der Waals surface area contributed by atoms with Gasteiger partial charge in [0.25, 0.3) is 5.91 Å². The zero-order valence-corrected chi connectivity index (χ0v) is 17.8. The predicted octanol–water partition coefficient (Wildman–Crippen LogP) is 3.37. The van der Waals surface area contributed by atoms with Crippen molar-refractivity contribution in [3.8, 4) is 5.88 Å². The Hall–Kier alpha value is -2.11. The standard InChI is InChI=1S/C23H33N3O3/c1-15(2)7-9-20-18-11-17(19-5-4-6-22(27)26(19)20)13-25(14-18)23(28)16-8-10-21(29-3)24-12-16/h8,10,12,15,17-20H,4-7,9,11,13-14H2,1-3H3/t17-,18+,19+,20+/m1/s1. The summed E-state index contributed by atoms with van der Waals surface area (Å²) in [5.74, 6) is 2.29. The van der Waals surface area contributed by atoms with Crippen molar-refractivity contribution in [3.63, 3.8) is 0 Å². The highest BCUT2D eigenvalue weighted by Gasteiger charge is 2.49. The maximum atomic E-state index is 13.2. The van der Waals surface area contributed by atoms with Crippen LogP contribution < -0.4 is 4.74 Å². The van der Waals surface area contributed by atoms with Crippen molar-refractivity contribution in [2.24, 2.45) is 17.8 Å². The van der Waals surface area contributed by atoms with E-state index in [4.69, 9.17) is 4.74 Å². The second kappa shape index (κ2) is 8.33. The van der Waals surface area contributed by atoms with E-state index in [2.05, 4.69) is 23.7 Å². The number of fused-ring (bicyclic) bond motifs is 4. The number of carbonyl (C=O) groups excluding carboxylic acids is 2. The first-order chi connectivity index (χ1) is 14.0. The Morgan fingerprint density at radius 1 is 1.28 bits per heavy atom. The first kappa shape index (κ1) is 20.2. The van der Waals surface area contributed by atoms with Gasteiger partial charge in [-0.2, -0.15) is 0 Å². The Balaban J connectivity index is 1.55. The Morgan fingerprint density at radius 2 is 2.07 bits per heavy atom. The smallest absolute Gasteiger partial charge is 0.255 e. The molecule has 1 aromatic heterocycles. The molecule has 0 unspecified atom stereocenters. The molecule has 29 heavy (non-hydrogen) atoms. The van der Waals surface area contributed by atoms with Gasteiger partial charge < -0.3 is 14.5 Å². The van der Waals surface area contributed by atoms with E-state index in [-0.39, 0.29) is 11.9 Å². The zero-order chi connectivity index (χ0) is 20.5. The topological polar surface area (TPSA) is 62.7 Å². The van der Waals surface area contributed by atoms with Gasteiger partial charge in [-0.25, -0.2) is 4.98 Å². The number of rotatable bonds is 5. The molecule has 0 aliphatic carbocycles. The summed E-state index contributed by atoms with van der Waals surface area (Å²) in [4.78, 5) is 34.5. The number of piperidine rings is 3. The lowest BCUT2D eigenvalue weighted by molar-refractivity contribution is -0.152. The number of aromatic nitrogens is 1. The molecule has 0 aromatic carbocycles. The largest absolute Gasteiger partial charge is 0.481 e. The number of methoxy groups -OCH3 is 1. The van der Waals surface area contributed by atoms with Gasteiger partial charge in [-0.3, -0.25) is 9.59 Å². The average Bonchev–Trinajstić information content (AvgIpc) is 2.73. The molecule has 0 radical (unpaired) electrons. The third-order valence-electron chi connectivity index (χ3n) is 7.02. The van der Waals surface area contributed by atoms with E-state index in [1.54, 1.807) is 25.4 Å². The Labute approximate surface area is 173 Å². The molecule has 2 bridgehead atoms. The van der Waals surface area contributed by atoms with Crippen LogP contribution in [-0.4, -0.2) is 58.9 Å². The van der Waals surface area contributed by atoms with E-state index >= 15 is 0 Å². The summed E-state index contributed by atoms with van der Waals surface area (Å²) in [7, 11) is 1.57. The summed E-state index contributed by atoms with van der Waals surface area (Å²) in [5.41, 5.74) is 0.612. The lowest BCUT2D eigenvalue weighted by atomic mass is 9.70. The molecule has 0 saturated carbocycles. The first-order valence-corrected chi connectivity index (χ1v) is 11.1. The predicted molar refractivity (Wildman–Crippen MR) is 111 cm³/mol. The van der Waals surface area contributed by atoms with E-state index < -0.39 is 0 Å². The molecule has 1 aromatic rings. The van der Waals surface area contributed by atoms with Gasteiger partial charge in [0.1, 0.15) is 0 Å². The van der Waals surface area contributed by atoms with Gasteiger partial charge in [0.15, 0.2) is 0 Å². The monoisotopic (exact) mass is 399 g/mol. The zero-order valence-electron chi connectivity index (χ0n) is 17.8. The second-order valence-corrected chi connectivity index (χ2v) is 9.35. The molecular weight excluding hydrogens is 366 g/mol. The molecule has 3 fully saturated rings. The SMILES string of the molecule is COc1ccc(C(=O)N2C[C@H]3C[C@@H](C2)[C@H](CCC(C)C)N2C(=O)CCC[C@@H]32)cn1. The van der Waals surface area contributed by atoms with Crippen molar-refractivity contribution in [1.82, 2.24) is 14.8 Å². The Bertz CT molecular complexity index is 748. The molecular formula is C23H33N3O3. The van der Waals surface area contributed by atoms with E-state index in [1.165, 1.54) is 0 Å². The summed E-state index contributed by atoms with van der Waals surface area (Å²) < 4.78 is 5.11. The van der Waals surface area contributed by atoms with Gasteiger partial charge in [-0.05, 0) is 55.9 Å². The van der Waals surface area contributed by atoms with Crippen LogP contribution in [0.15, 0.2) is 18.3 Å². The van der Waals surface area contributed by atoms with Crippen LogP contribution in [0.2, 0.25) is 0 Å². The van der Waals surface area contributed by atoms with Crippen LogP contribution in [0.4, 0.5) is 0 Å². The average molecular weight is 400 g/mol. The van der Waals surface area contributed by atoms with Crippen LogP contribution >= 0.6 is 0 Å². The number of hydrogen-bond acceptors (Lipinski definition) is 4. The van der Waals surface area contributed by atoms with Gasteiger partial charge >= 0.3 is 0 Å². The lowest BCUT2D eigenvalue weighted by Gasteiger charge is -2.56. The van der Waals surface area contributed by atoms with Gasteiger partial charge in [0.2, 0.25) is 11.8 Å². The molecule has 0 N–H and O–H groups in total. The molecule has 3 aliphatic heterocycles. The molecule has 3 aliphatic rings. The highest BCUT2D eigenvalue weighted by molar-refractivity contribution is 5.94. The minimum atomic E-state index is 0.0491. The van der Waals surface area contributed by atoms with E-state index in [0.29, 0.717) is 47.6 Å². The van der Waals surface area contributed by atoms with Crippen molar-refractivity contribution >= 4 is 11.8 Å². The minimum Gasteiger partial charge on any atom is -0.481 e. The fraction of sp³-hybridized carbons (Fsp3) is 0.696. The molecule has 0 spiro atoms. The summed E-state index contributed by atoms with van der Waals surface area (Å²) in [5, 5.41) is 0. The fourth-order valence-electron chi connectivity index (χ4n) is 5.63. The summed E-state index contributed by atoms with van der Waals surface area (Å²) in [6, 6.07) is 4.11. The number of pyridine rings is 1. The summed E-state index contributed by atoms with van der Waals surface area (Å²) >= 11 is 0. The molecule has 2 amide bonds. The third kappa shape index (κ3) is 3.99. The van der Waals surface area contributed by atoms with Crippen molar-refractivity contribution in [3.05, 3.63) is 23.9 Å². The van der Waals surface area contributed by atoms with E-state index in [1.807, 2.05) is 4.90 Å². The van der Waals surface area contributed by atoms with Crippen molar-refractivity contribution in [2.75, 3.05) is 20.2 Å². The third-order valence-corrected chi connectivity index (χ3v) is 7.02. The van der Waals surface area contributed by atoms with Gasteiger partial charge in [-0.15, -0.1) is 0 Å². The molecule has 4 heterocycles. The van der Waals surface area contributed by atoms with Crippen LogP contribution in [0.1, 0.15) is 62.7 Å². The van der Waals surface area contributed by atoms with Crippen LogP contribution in [0.5, 0.6) is 5.88 Å². The van der Waals surface area contributed by atoms with Gasteiger partial charge in [0.05, 0.1) is 12.7 Å². The summed E-state index contributed by atoms with van der Waals surface area (Å²) in [6.07, 6.45) is 7.66. The van der Waals surface area contributed by atoms with Gasteiger partial charge in [-0.1, -0.05) is 13.8 Å². The highest BCUT2D eigenvalue weighted by atomic mass is 16.5. The number of likely N-dealkylation sites (tertiary alicyclic amines) is 1. The highest BCUT2D eigenvalue weighted by Crippen LogP contribution is 2.43. The summed E-state index contributed by atoms with van der Waals surface area (Å²) in [6.45, 7) is 5.97. The van der Waals surface area contributed by atoms with Gasteiger partial charge in [0, 0.05) is 43.9 Å². The normalized spacial score (nSPS) is 29.0. The number of nitrogens with zero attached hydrogens (tertiary/aromatic N) is 3. The quantitative estimate of drug-likeness (QED) is 0.762. The molecule has 4 rings (SSSR count). The first-order valence-electron chi connectivity index (χ1n) is 11.1. The number of carbonyl (C=O) groups is 2. The molecule has 6 nitrogen and oxygen atoms in total. The minimum absolute atomic E-state index is 0.0491. The van der Waals surface area contributed by atoms with Crippen LogP contribution in [-0.2, 0) is 4.79 Å². The molecule has 6 heteroatoms. The number of amides is 2. The molecule has 3 saturated heterocycles. The maximum Gasteiger partial charge on any atom is 0.255 e. The van der Waals surface area contributed by atoms with Crippen LogP contribution in [0.25, 0.3) is 0 Å².